The molecule has 0 aliphatic heterocycles. The van der Waals surface area contributed by atoms with E-state index in [1.165, 1.54) is 0 Å². The minimum atomic E-state index is 0.848. The van der Waals surface area contributed by atoms with Crippen LogP contribution in [0.25, 0.3) is 0 Å². The summed E-state index contributed by atoms with van der Waals surface area (Å²) in [6.07, 6.45) is 5.02. The first-order valence-corrected chi connectivity index (χ1v) is 4.10. The second kappa shape index (κ2) is 6.25. The highest BCUT2D eigenvalue weighted by Gasteiger charge is 1.88. The smallest absolute Gasteiger partial charge is 0.0397 e. The van der Waals surface area contributed by atoms with Gasteiger partial charge in [0.15, 0.2) is 0 Å². The van der Waals surface area contributed by atoms with Crippen LogP contribution in [0.1, 0.15) is 13.3 Å². The van der Waals surface area contributed by atoms with Crippen LogP contribution in [0.5, 0.6) is 0 Å². The molecule has 0 aromatic carbocycles. The molecule has 0 bridgehead atoms. The highest BCUT2D eigenvalue weighted by molar-refractivity contribution is 7.81. The Labute approximate surface area is 74.2 Å². The van der Waals surface area contributed by atoms with Crippen molar-refractivity contribution in [3.8, 4) is 0 Å². The van der Waals surface area contributed by atoms with Crippen LogP contribution in [-0.2, 0) is 0 Å². The van der Waals surface area contributed by atoms with Crippen LogP contribution < -0.4 is 5.32 Å². The molecular weight excluding hydrogens is 154 g/mol. The Bertz CT molecular complexity index is 170. The minimum Gasteiger partial charge on any atom is -0.319 e. The van der Waals surface area contributed by atoms with Crippen molar-refractivity contribution in [3.63, 3.8) is 0 Å². The molecule has 0 aliphatic carbocycles. The van der Waals surface area contributed by atoms with E-state index in [0.29, 0.717) is 0 Å². The third-order valence-electron chi connectivity index (χ3n) is 1.25. The average Bonchev–Trinajstić information content (AvgIpc) is 1.97. The van der Waals surface area contributed by atoms with Crippen LogP contribution in [0, 0.1) is 0 Å². The SMILES string of the molecule is C=C(C)C(=S)/C=C/CCNC. The first kappa shape index (κ1) is 10.5. The quantitative estimate of drug-likeness (QED) is 0.384. The molecule has 11 heavy (non-hydrogen) atoms. The predicted octanol–water partition coefficient (Wildman–Crippen LogP) is 2.10. The predicted molar refractivity (Wildman–Crippen MR) is 55.1 cm³/mol. The minimum absolute atomic E-state index is 0.848. The van der Waals surface area contributed by atoms with E-state index in [2.05, 4.69) is 18.0 Å². The summed E-state index contributed by atoms with van der Waals surface area (Å²) in [7, 11) is 1.94. The zero-order valence-electron chi connectivity index (χ0n) is 7.18. The fraction of sp³-hybridized carbons (Fsp3) is 0.444. The molecular formula is C9H15NS. The maximum atomic E-state index is 5.02. The van der Waals surface area contributed by atoms with Crippen molar-refractivity contribution in [2.75, 3.05) is 13.6 Å². The molecule has 2 heteroatoms. The van der Waals surface area contributed by atoms with Gasteiger partial charge in [-0.2, -0.15) is 0 Å². The Hall–Kier alpha value is -0.470. The van der Waals surface area contributed by atoms with Crippen molar-refractivity contribution in [1.82, 2.24) is 5.32 Å². The van der Waals surface area contributed by atoms with Gasteiger partial charge in [0.25, 0.3) is 0 Å². The molecule has 0 radical (unpaired) electrons. The van der Waals surface area contributed by atoms with Gasteiger partial charge in [0, 0.05) is 4.86 Å². The summed E-state index contributed by atoms with van der Waals surface area (Å²) in [4.78, 5) is 0.848. The Balaban J connectivity index is 3.57. The number of rotatable bonds is 5. The zero-order valence-corrected chi connectivity index (χ0v) is 8.00. The highest BCUT2D eigenvalue weighted by Crippen LogP contribution is 1.95. The fourth-order valence-electron chi connectivity index (χ4n) is 0.560. The molecule has 0 saturated carbocycles. The molecule has 1 nitrogen and oxygen atoms in total. The van der Waals surface area contributed by atoms with Crippen LogP contribution in [0.15, 0.2) is 24.3 Å². The summed E-state index contributed by atoms with van der Waals surface area (Å²) >= 11 is 5.02. The van der Waals surface area contributed by atoms with Crippen molar-refractivity contribution >= 4 is 17.1 Å². The molecule has 0 atom stereocenters. The molecule has 0 spiro atoms. The second-order valence-electron chi connectivity index (χ2n) is 2.44. The molecule has 1 N–H and O–H groups in total. The lowest BCUT2D eigenvalue weighted by atomic mass is 10.2. The summed E-state index contributed by atoms with van der Waals surface area (Å²) in [5.74, 6) is 0. The average molecular weight is 169 g/mol. The summed E-state index contributed by atoms with van der Waals surface area (Å²) in [5, 5.41) is 3.05. The largest absolute Gasteiger partial charge is 0.319 e. The molecule has 0 heterocycles. The van der Waals surface area contributed by atoms with E-state index in [9.17, 15) is 0 Å². The van der Waals surface area contributed by atoms with Crippen LogP contribution >= 0.6 is 12.2 Å². The van der Waals surface area contributed by atoms with E-state index in [4.69, 9.17) is 12.2 Å². The Morgan fingerprint density at radius 2 is 2.27 bits per heavy atom. The van der Waals surface area contributed by atoms with Crippen LogP contribution in [0.3, 0.4) is 0 Å². The van der Waals surface area contributed by atoms with E-state index in [1.807, 2.05) is 20.0 Å². The van der Waals surface area contributed by atoms with Gasteiger partial charge in [0.05, 0.1) is 0 Å². The van der Waals surface area contributed by atoms with E-state index < -0.39 is 0 Å². The summed E-state index contributed by atoms with van der Waals surface area (Å²) in [6, 6.07) is 0. The molecule has 0 unspecified atom stereocenters. The Kier molecular flexibility index (Phi) is 5.99. The van der Waals surface area contributed by atoms with Crippen molar-refractivity contribution in [2.24, 2.45) is 0 Å². The third-order valence-corrected chi connectivity index (χ3v) is 1.74. The standard InChI is InChI=1S/C9H15NS/c1-8(2)9(11)6-4-5-7-10-3/h4,6,10H,1,5,7H2,2-3H3/b6-4+. The fourth-order valence-corrected chi connectivity index (χ4v) is 0.657. The monoisotopic (exact) mass is 169 g/mol. The zero-order chi connectivity index (χ0) is 8.69. The molecule has 0 aromatic rings. The van der Waals surface area contributed by atoms with E-state index in [0.717, 1.165) is 23.4 Å². The lowest BCUT2D eigenvalue weighted by Crippen LogP contribution is -2.05. The van der Waals surface area contributed by atoms with Gasteiger partial charge in [-0.3, -0.25) is 0 Å². The number of hydrogen-bond donors (Lipinski definition) is 1. The van der Waals surface area contributed by atoms with Gasteiger partial charge in [-0.1, -0.05) is 24.9 Å². The van der Waals surface area contributed by atoms with Gasteiger partial charge < -0.3 is 5.32 Å². The van der Waals surface area contributed by atoms with Crippen molar-refractivity contribution in [3.05, 3.63) is 24.3 Å². The van der Waals surface area contributed by atoms with E-state index in [1.54, 1.807) is 0 Å². The summed E-state index contributed by atoms with van der Waals surface area (Å²) in [6.45, 7) is 6.66. The molecule has 0 rings (SSSR count). The van der Waals surface area contributed by atoms with Gasteiger partial charge in [-0.15, -0.1) is 0 Å². The molecule has 0 aliphatic rings. The normalized spacial score (nSPS) is 10.4. The first-order valence-electron chi connectivity index (χ1n) is 3.69. The number of hydrogen-bond acceptors (Lipinski definition) is 2. The molecule has 0 fully saturated rings. The van der Waals surface area contributed by atoms with Gasteiger partial charge in [0.2, 0.25) is 0 Å². The molecule has 62 valence electrons. The van der Waals surface area contributed by atoms with Crippen LogP contribution in [-0.4, -0.2) is 18.5 Å². The maximum Gasteiger partial charge on any atom is 0.0397 e. The summed E-state index contributed by atoms with van der Waals surface area (Å²) in [5.41, 5.74) is 0.959. The maximum absolute atomic E-state index is 5.02. The lowest BCUT2D eigenvalue weighted by molar-refractivity contribution is 0.808. The summed E-state index contributed by atoms with van der Waals surface area (Å²) < 4.78 is 0. The first-order chi connectivity index (χ1) is 5.18. The van der Waals surface area contributed by atoms with Crippen molar-refractivity contribution < 1.29 is 0 Å². The lowest BCUT2D eigenvalue weighted by Gasteiger charge is -1.94. The second-order valence-corrected chi connectivity index (χ2v) is 2.88. The Morgan fingerprint density at radius 3 is 2.73 bits per heavy atom. The number of allylic oxidation sites excluding steroid dienone is 2. The van der Waals surface area contributed by atoms with Gasteiger partial charge in [0.1, 0.15) is 0 Å². The van der Waals surface area contributed by atoms with Gasteiger partial charge in [-0.05, 0) is 38.6 Å². The van der Waals surface area contributed by atoms with Crippen molar-refractivity contribution in [2.45, 2.75) is 13.3 Å². The van der Waals surface area contributed by atoms with E-state index >= 15 is 0 Å². The molecule has 0 amide bonds. The third kappa shape index (κ3) is 5.95. The highest BCUT2D eigenvalue weighted by atomic mass is 32.1. The van der Waals surface area contributed by atoms with Crippen molar-refractivity contribution in [1.29, 1.82) is 0 Å². The van der Waals surface area contributed by atoms with E-state index in [-0.39, 0.29) is 0 Å². The van der Waals surface area contributed by atoms with Crippen LogP contribution in [0.2, 0.25) is 0 Å². The Morgan fingerprint density at radius 1 is 1.64 bits per heavy atom. The number of thiocarbonyl (C=S) groups is 1. The van der Waals surface area contributed by atoms with Gasteiger partial charge >= 0.3 is 0 Å². The topological polar surface area (TPSA) is 12.0 Å². The molecule has 0 saturated heterocycles. The molecule has 0 aromatic heterocycles. The van der Waals surface area contributed by atoms with Gasteiger partial charge in [-0.25, -0.2) is 0 Å². The number of nitrogens with one attached hydrogen (secondary N) is 1. The van der Waals surface area contributed by atoms with Crippen LogP contribution in [0.4, 0.5) is 0 Å².